The summed E-state index contributed by atoms with van der Waals surface area (Å²) < 4.78 is 5.22. The zero-order chi connectivity index (χ0) is 17.8. The van der Waals surface area contributed by atoms with Crippen LogP contribution in [0.4, 0.5) is 0 Å². The monoisotopic (exact) mass is 337 g/mol. The van der Waals surface area contributed by atoms with Gasteiger partial charge in [-0.2, -0.15) is 0 Å². The molecule has 4 nitrogen and oxygen atoms in total. The number of quaternary nitrogens is 1. The van der Waals surface area contributed by atoms with Gasteiger partial charge in [-0.1, -0.05) is 25.1 Å². The Morgan fingerprint density at radius 1 is 1.16 bits per heavy atom. The van der Waals surface area contributed by atoms with E-state index in [1.165, 1.54) is 5.56 Å². The highest BCUT2D eigenvalue weighted by molar-refractivity contribution is 6.09. The molecule has 4 heteroatoms. The molecule has 0 saturated carbocycles. The van der Waals surface area contributed by atoms with Gasteiger partial charge in [-0.25, -0.2) is 0 Å². The Bertz CT molecular complexity index is 852. The number of hydrogen-bond acceptors (Lipinski definition) is 2. The number of nitrogens with two attached hydrogens (primary N) is 1. The van der Waals surface area contributed by atoms with Gasteiger partial charge in [0.15, 0.2) is 0 Å². The van der Waals surface area contributed by atoms with Crippen molar-refractivity contribution < 1.29 is 14.8 Å². The average Bonchev–Trinajstić information content (AvgIpc) is 3.09. The van der Waals surface area contributed by atoms with Crippen LogP contribution in [0.1, 0.15) is 42.2 Å². The van der Waals surface area contributed by atoms with Crippen molar-refractivity contribution in [2.45, 2.75) is 32.4 Å². The summed E-state index contributed by atoms with van der Waals surface area (Å²) in [4.78, 5) is 16.1. The van der Waals surface area contributed by atoms with Crippen LogP contribution in [-0.4, -0.2) is 23.9 Å². The summed E-state index contributed by atoms with van der Waals surface area (Å²) in [5, 5.41) is 3.15. The number of benzene rings is 2. The largest absolute Gasteiger partial charge is 0.497 e. The van der Waals surface area contributed by atoms with Crippen LogP contribution >= 0.6 is 0 Å². The van der Waals surface area contributed by atoms with Crippen LogP contribution < -0.4 is 10.1 Å². The summed E-state index contributed by atoms with van der Waals surface area (Å²) in [6.45, 7) is 4.13. The van der Waals surface area contributed by atoms with Crippen molar-refractivity contribution in [2.75, 3.05) is 7.11 Å². The van der Waals surface area contributed by atoms with E-state index in [9.17, 15) is 4.79 Å². The van der Waals surface area contributed by atoms with Crippen molar-refractivity contribution >= 4 is 16.7 Å². The summed E-state index contributed by atoms with van der Waals surface area (Å²) in [5.41, 5.74) is 2.98. The molecule has 1 aromatic heterocycles. The second-order valence-corrected chi connectivity index (χ2v) is 6.38. The second-order valence-electron chi connectivity index (χ2n) is 6.38. The third-order valence-electron chi connectivity index (χ3n) is 4.77. The van der Waals surface area contributed by atoms with E-state index in [1.807, 2.05) is 49.5 Å². The molecule has 0 radical (unpaired) electrons. The predicted molar refractivity (Wildman–Crippen MR) is 100 cm³/mol. The highest BCUT2D eigenvalue weighted by Crippen LogP contribution is 2.20. The minimum Gasteiger partial charge on any atom is -0.497 e. The van der Waals surface area contributed by atoms with Gasteiger partial charge in [0.25, 0.3) is 0 Å². The number of H-pyrrole nitrogens is 1. The van der Waals surface area contributed by atoms with Gasteiger partial charge < -0.3 is 15.0 Å². The average molecular weight is 337 g/mol. The molecular formula is C21H25N2O2+. The molecule has 0 saturated heterocycles. The number of carbonyl (C=O) groups excluding carboxylic acids is 1. The van der Waals surface area contributed by atoms with Crippen LogP contribution in [0.25, 0.3) is 10.9 Å². The van der Waals surface area contributed by atoms with E-state index in [4.69, 9.17) is 4.74 Å². The number of hydrogen-bond donors (Lipinski definition) is 2. The number of ketones is 1. The molecule has 0 aliphatic rings. The molecule has 3 N–H and O–H groups in total. The Morgan fingerprint density at radius 3 is 2.56 bits per heavy atom. The first kappa shape index (κ1) is 17.2. The number of rotatable bonds is 7. The normalized spacial score (nSPS) is 13.6. The van der Waals surface area contributed by atoms with E-state index in [1.54, 1.807) is 7.11 Å². The maximum absolute atomic E-state index is 12.9. The van der Waals surface area contributed by atoms with E-state index >= 15 is 0 Å². The molecule has 0 bridgehead atoms. The molecule has 2 aromatic carbocycles. The quantitative estimate of drug-likeness (QED) is 0.649. The molecule has 130 valence electrons. The summed E-state index contributed by atoms with van der Waals surface area (Å²) in [6.07, 6.45) is 2.78. The number of ether oxygens (including phenoxy) is 1. The maximum Gasteiger partial charge on any atom is 0.221 e. The van der Waals surface area contributed by atoms with Crippen molar-refractivity contribution in [2.24, 2.45) is 0 Å². The number of fused-ring (bicyclic) bond motifs is 1. The Balaban J connectivity index is 1.77. The van der Waals surface area contributed by atoms with Gasteiger partial charge in [0.1, 0.15) is 17.8 Å². The molecule has 0 aliphatic heterocycles. The van der Waals surface area contributed by atoms with Crippen molar-refractivity contribution in [1.29, 1.82) is 0 Å². The standard InChI is InChI=1S/C21H24N2O2/c1-4-19(15-9-11-16(25-3)12-10-15)23-14(2)21(24)18-13-22-20-8-6-5-7-17(18)20/h5-14,19,22-23H,4H2,1-3H3/p+1/t14-,19-/m1/s1. The number of methoxy groups -OCH3 is 1. The Morgan fingerprint density at radius 2 is 1.88 bits per heavy atom. The lowest BCUT2D eigenvalue weighted by molar-refractivity contribution is -0.712. The molecule has 0 fully saturated rings. The first-order valence-corrected chi connectivity index (χ1v) is 8.73. The smallest absolute Gasteiger partial charge is 0.221 e. The molecule has 2 atom stereocenters. The second kappa shape index (κ2) is 7.53. The highest BCUT2D eigenvalue weighted by Gasteiger charge is 2.25. The lowest BCUT2D eigenvalue weighted by Gasteiger charge is -2.18. The van der Waals surface area contributed by atoms with Gasteiger partial charge in [0.2, 0.25) is 5.78 Å². The Hall–Kier alpha value is -2.59. The fourth-order valence-corrected chi connectivity index (χ4v) is 3.29. The molecule has 3 rings (SSSR count). The number of aromatic amines is 1. The van der Waals surface area contributed by atoms with E-state index in [0.29, 0.717) is 0 Å². The SMILES string of the molecule is CC[C@@H]([NH2+][C@H](C)C(=O)c1c[nH]c2ccccc12)c1ccc(OC)cc1. The number of Topliss-reactive ketones (excluding diaryl/α,β-unsaturated/α-hetero) is 1. The van der Waals surface area contributed by atoms with E-state index < -0.39 is 0 Å². The van der Waals surface area contributed by atoms with Crippen molar-refractivity contribution in [3.05, 3.63) is 65.9 Å². The molecule has 0 unspecified atom stereocenters. The van der Waals surface area contributed by atoms with Gasteiger partial charge in [-0.15, -0.1) is 0 Å². The van der Waals surface area contributed by atoms with Crippen LogP contribution in [0.2, 0.25) is 0 Å². The number of para-hydroxylation sites is 1. The van der Waals surface area contributed by atoms with E-state index in [0.717, 1.165) is 28.6 Å². The molecule has 0 amide bonds. The zero-order valence-corrected chi connectivity index (χ0v) is 15.0. The minimum atomic E-state index is -0.147. The fourth-order valence-electron chi connectivity index (χ4n) is 3.29. The van der Waals surface area contributed by atoms with E-state index in [2.05, 4.69) is 29.4 Å². The lowest BCUT2D eigenvalue weighted by Crippen LogP contribution is -2.91. The summed E-state index contributed by atoms with van der Waals surface area (Å²) in [6, 6.07) is 16.1. The van der Waals surface area contributed by atoms with Crippen LogP contribution in [-0.2, 0) is 0 Å². The zero-order valence-electron chi connectivity index (χ0n) is 15.0. The predicted octanol–water partition coefficient (Wildman–Crippen LogP) is 3.46. The molecule has 3 aromatic rings. The van der Waals surface area contributed by atoms with Crippen molar-refractivity contribution in [3.8, 4) is 5.75 Å². The first-order valence-electron chi connectivity index (χ1n) is 8.73. The maximum atomic E-state index is 12.9. The summed E-state index contributed by atoms with van der Waals surface area (Å²) >= 11 is 0. The van der Waals surface area contributed by atoms with Gasteiger partial charge in [-0.3, -0.25) is 4.79 Å². The Labute approximate surface area is 148 Å². The van der Waals surface area contributed by atoms with Crippen molar-refractivity contribution in [1.82, 2.24) is 4.98 Å². The first-order chi connectivity index (χ1) is 12.1. The molecule has 25 heavy (non-hydrogen) atoms. The lowest BCUT2D eigenvalue weighted by atomic mass is 10.00. The number of nitrogens with one attached hydrogen (secondary N) is 1. The van der Waals surface area contributed by atoms with Gasteiger partial charge in [0.05, 0.1) is 7.11 Å². The van der Waals surface area contributed by atoms with Crippen LogP contribution in [0.3, 0.4) is 0 Å². The highest BCUT2D eigenvalue weighted by atomic mass is 16.5. The minimum absolute atomic E-state index is 0.147. The van der Waals surface area contributed by atoms with Gasteiger partial charge in [0, 0.05) is 34.6 Å². The molecular weight excluding hydrogens is 312 g/mol. The van der Waals surface area contributed by atoms with Crippen molar-refractivity contribution in [3.63, 3.8) is 0 Å². The van der Waals surface area contributed by atoms with Crippen LogP contribution in [0.5, 0.6) is 5.75 Å². The Kier molecular flexibility index (Phi) is 5.19. The van der Waals surface area contributed by atoms with Crippen LogP contribution in [0, 0.1) is 0 Å². The molecule has 0 spiro atoms. The fraction of sp³-hybridized carbons (Fsp3) is 0.286. The molecule has 0 aliphatic carbocycles. The van der Waals surface area contributed by atoms with Gasteiger partial charge in [-0.05, 0) is 37.3 Å². The number of aromatic nitrogens is 1. The third-order valence-corrected chi connectivity index (χ3v) is 4.77. The van der Waals surface area contributed by atoms with Gasteiger partial charge >= 0.3 is 0 Å². The third kappa shape index (κ3) is 3.59. The topological polar surface area (TPSA) is 58.7 Å². The summed E-state index contributed by atoms with van der Waals surface area (Å²) in [7, 11) is 1.67. The van der Waals surface area contributed by atoms with E-state index in [-0.39, 0.29) is 17.9 Å². The molecule has 1 heterocycles. The number of carbonyl (C=O) groups is 1. The van der Waals surface area contributed by atoms with Crippen LogP contribution in [0.15, 0.2) is 54.7 Å². The summed E-state index contributed by atoms with van der Waals surface area (Å²) in [5.74, 6) is 1.01.